The first kappa shape index (κ1) is 11.9. The number of hydrogen-bond acceptors (Lipinski definition) is 7. The van der Waals surface area contributed by atoms with Gasteiger partial charge in [-0.15, -0.1) is 0 Å². The van der Waals surface area contributed by atoms with Crippen molar-refractivity contribution >= 4 is 12.2 Å². The van der Waals surface area contributed by atoms with E-state index in [1.807, 2.05) is 0 Å². The Morgan fingerprint density at radius 1 is 1.00 bits per heavy atom. The molecule has 2 saturated heterocycles. The molecule has 0 N–H and O–H groups in total. The molecule has 0 atom stereocenters. The predicted octanol–water partition coefficient (Wildman–Crippen LogP) is 1.07. The Labute approximate surface area is 96.5 Å². The highest BCUT2D eigenvalue weighted by molar-refractivity contribution is 5.77. The SMILES string of the molecule is CC(C)(OOC(C)(C)N1OC1=O)ON1OC1=O. The van der Waals surface area contributed by atoms with Gasteiger partial charge in [-0.2, -0.15) is 9.73 Å². The lowest BCUT2D eigenvalue weighted by atomic mass is 10.3. The van der Waals surface area contributed by atoms with Gasteiger partial charge >= 0.3 is 12.2 Å². The summed E-state index contributed by atoms with van der Waals surface area (Å²) in [6, 6.07) is 0. The fourth-order valence-corrected chi connectivity index (χ4v) is 0.945. The van der Waals surface area contributed by atoms with E-state index in [9.17, 15) is 9.59 Å². The number of amides is 2. The Kier molecular flexibility index (Phi) is 2.42. The molecule has 0 aromatic carbocycles. The fraction of sp³-hybridized carbons (Fsp3) is 0.750. The van der Waals surface area contributed by atoms with Gasteiger partial charge in [-0.05, 0) is 27.7 Å². The maximum Gasteiger partial charge on any atom is 0.496 e. The minimum absolute atomic E-state index is 0.512. The van der Waals surface area contributed by atoms with Gasteiger partial charge in [0.05, 0.1) is 0 Å². The fourth-order valence-electron chi connectivity index (χ4n) is 0.945. The van der Waals surface area contributed by atoms with Crippen molar-refractivity contribution in [2.24, 2.45) is 0 Å². The number of rotatable bonds is 6. The second-order valence-electron chi connectivity index (χ2n) is 4.37. The van der Waals surface area contributed by atoms with Crippen molar-refractivity contribution in [3.63, 3.8) is 0 Å². The van der Waals surface area contributed by atoms with Gasteiger partial charge in [-0.25, -0.2) is 14.5 Å². The molecule has 0 unspecified atom stereocenters. The Hall–Kier alpha value is -1.58. The first-order valence-electron chi connectivity index (χ1n) is 4.81. The molecule has 0 radical (unpaired) electrons. The molecular weight excluding hydrogens is 236 g/mol. The lowest BCUT2D eigenvalue weighted by molar-refractivity contribution is -0.495. The molecule has 0 bridgehead atoms. The number of nitrogens with zero attached hydrogens (tertiary/aromatic N) is 2. The standard InChI is InChI=1S/C8H12N2O7/c1-7(2,9-5(11)13-9)16-17-8(3,4)15-10-6(12)14-10/h1-4H3. The molecule has 0 saturated carbocycles. The normalized spacial score (nSPS) is 19.1. The van der Waals surface area contributed by atoms with Gasteiger partial charge in [-0.3, -0.25) is 4.84 Å². The lowest BCUT2D eigenvalue weighted by Gasteiger charge is -2.27. The van der Waals surface area contributed by atoms with E-state index >= 15 is 0 Å². The summed E-state index contributed by atoms with van der Waals surface area (Å²) < 4.78 is 0. The molecule has 17 heavy (non-hydrogen) atoms. The van der Waals surface area contributed by atoms with E-state index in [1.54, 1.807) is 13.8 Å². The highest BCUT2D eigenvalue weighted by atomic mass is 17.3. The van der Waals surface area contributed by atoms with Crippen molar-refractivity contribution < 1.29 is 33.9 Å². The van der Waals surface area contributed by atoms with Crippen LogP contribution in [0, 0.1) is 0 Å². The summed E-state index contributed by atoms with van der Waals surface area (Å²) in [5, 5.41) is 1.64. The Morgan fingerprint density at radius 2 is 1.53 bits per heavy atom. The lowest BCUT2D eigenvalue weighted by Crippen LogP contribution is -2.40. The van der Waals surface area contributed by atoms with Crippen molar-refractivity contribution in [2.45, 2.75) is 39.2 Å². The molecule has 96 valence electrons. The van der Waals surface area contributed by atoms with Crippen LogP contribution in [0.5, 0.6) is 0 Å². The molecule has 0 aromatic rings. The summed E-state index contributed by atoms with van der Waals surface area (Å²) in [5.74, 6) is -1.26. The molecule has 0 aliphatic carbocycles. The van der Waals surface area contributed by atoms with Gasteiger partial charge < -0.3 is 4.84 Å². The first-order valence-corrected chi connectivity index (χ1v) is 4.81. The van der Waals surface area contributed by atoms with Gasteiger partial charge in [0, 0.05) is 5.23 Å². The van der Waals surface area contributed by atoms with Crippen LogP contribution < -0.4 is 0 Å². The van der Waals surface area contributed by atoms with Crippen LogP contribution in [0.2, 0.25) is 0 Å². The monoisotopic (exact) mass is 248 g/mol. The van der Waals surface area contributed by atoms with Crippen LogP contribution in [-0.4, -0.2) is 34.0 Å². The molecule has 9 heteroatoms. The topological polar surface area (TPSA) is 92.9 Å². The van der Waals surface area contributed by atoms with Crippen molar-refractivity contribution in [1.29, 1.82) is 0 Å². The van der Waals surface area contributed by atoms with Crippen LogP contribution in [0.4, 0.5) is 9.59 Å². The number of carbonyl (C=O) groups excluding carboxylic acids is 2. The number of hydrogen-bond donors (Lipinski definition) is 0. The Balaban J connectivity index is 1.79. The third-order valence-corrected chi connectivity index (χ3v) is 1.82. The third-order valence-electron chi connectivity index (χ3n) is 1.82. The second-order valence-corrected chi connectivity index (χ2v) is 4.37. The average molecular weight is 248 g/mol. The van der Waals surface area contributed by atoms with Crippen LogP contribution >= 0.6 is 0 Å². The van der Waals surface area contributed by atoms with Crippen molar-refractivity contribution in [3.8, 4) is 0 Å². The Morgan fingerprint density at radius 3 is 1.94 bits per heavy atom. The minimum atomic E-state index is -1.26. The summed E-state index contributed by atoms with van der Waals surface area (Å²) in [5.41, 5.74) is -1.10. The van der Waals surface area contributed by atoms with E-state index in [0.717, 1.165) is 5.06 Å². The molecule has 2 aliphatic rings. The van der Waals surface area contributed by atoms with Gasteiger partial charge in [0.25, 0.3) is 0 Å². The summed E-state index contributed by atoms with van der Waals surface area (Å²) >= 11 is 0. The van der Waals surface area contributed by atoms with E-state index in [-0.39, 0.29) is 0 Å². The molecule has 2 rings (SSSR count). The average Bonchev–Trinajstić information content (AvgIpc) is 3.05. The maximum absolute atomic E-state index is 10.8. The molecule has 9 nitrogen and oxygen atoms in total. The largest absolute Gasteiger partial charge is 0.496 e. The zero-order valence-corrected chi connectivity index (χ0v) is 9.75. The van der Waals surface area contributed by atoms with Gasteiger partial charge in [0.1, 0.15) is 0 Å². The van der Waals surface area contributed by atoms with E-state index in [1.165, 1.54) is 13.8 Å². The van der Waals surface area contributed by atoms with Crippen molar-refractivity contribution in [2.75, 3.05) is 0 Å². The van der Waals surface area contributed by atoms with Crippen molar-refractivity contribution in [1.82, 2.24) is 10.3 Å². The zero-order chi connectivity index (χ0) is 12.8. The van der Waals surface area contributed by atoms with Gasteiger partial charge in [-0.1, -0.05) is 5.06 Å². The summed E-state index contributed by atoms with van der Waals surface area (Å²) in [4.78, 5) is 45.1. The van der Waals surface area contributed by atoms with E-state index < -0.39 is 23.7 Å². The molecular formula is C8H12N2O7. The predicted molar refractivity (Wildman–Crippen MR) is 48.1 cm³/mol. The number of carbonyl (C=O) groups is 2. The van der Waals surface area contributed by atoms with Gasteiger partial charge in [0.15, 0.2) is 0 Å². The summed E-state index contributed by atoms with van der Waals surface area (Å²) in [6.45, 7) is 6.13. The van der Waals surface area contributed by atoms with Crippen molar-refractivity contribution in [3.05, 3.63) is 0 Å². The van der Waals surface area contributed by atoms with Gasteiger partial charge in [0.2, 0.25) is 11.5 Å². The van der Waals surface area contributed by atoms with E-state index in [0.29, 0.717) is 5.23 Å². The zero-order valence-electron chi connectivity index (χ0n) is 9.75. The highest BCUT2D eigenvalue weighted by Crippen LogP contribution is 2.30. The maximum atomic E-state index is 10.8. The molecule has 2 aliphatic heterocycles. The van der Waals surface area contributed by atoms with Crippen LogP contribution in [0.25, 0.3) is 0 Å². The second kappa shape index (κ2) is 3.45. The minimum Gasteiger partial charge on any atom is -0.310 e. The van der Waals surface area contributed by atoms with Crippen LogP contribution in [0.3, 0.4) is 0 Å². The molecule has 0 spiro atoms. The Bertz CT molecular complexity index is 367. The summed E-state index contributed by atoms with van der Waals surface area (Å²) in [7, 11) is 0. The molecule has 2 amide bonds. The van der Waals surface area contributed by atoms with Crippen LogP contribution in [0.15, 0.2) is 0 Å². The van der Waals surface area contributed by atoms with E-state index in [2.05, 4.69) is 9.68 Å². The summed E-state index contributed by atoms with van der Waals surface area (Å²) in [6.07, 6.45) is -1.13. The third kappa shape index (κ3) is 2.75. The molecule has 2 fully saturated rings. The first-order chi connectivity index (χ1) is 7.71. The van der Waals surface area contributed by atoms with E-state index in [4.69, 9.17) is 14.6 Å². The van der Waals surface area contributed by atoms with Crippen LogP contribution in [0.1, 0.15) is 27.7 Å². The highest BCUT2D eigenvalue weighted by Gasteiger charge is 2.51. The molecule has 0 aromatic heterocycles. The number of hydroxylamine groups is 4. The molecule has 2 heterocycles. The quantitative estimate of drug-likeness (QED) is 0.300. The van der Waals surface area contributed by atoms with Crippen LogP contribution in [-0.2, 0) is 24.3 Å². The smallest absolute Gasteiger partial charge is 0.310 e.